The molecule has 0 saturated heterocycles. The van der Waals surface area contributed by atoms with Crippen molar-refractivity contribution >= 4 is 21.4 Å². The zero-order valence-corrected chi connectivity index (χ0v) is 13.2. The molecule has 0 spiro atoms. The van der Waals surface area contributed by atoms with E-state index in [9.17, 15) is 5.11 Å². The van der Waals surface area contributed by atoms with Crippen molar-refractivity contribution in [2.45, 2.75) is 12.2 Å². The summed E-state index contributed by atoms with van der Waals surface area (Å²) in [7, 11) is 1.82. The van der Waals surface area contributed by atoms with E-state index in [0.29, 0.717) is 6.54 Å². The highest BCUT2D eigenvalue weighted by Gasteiger charge is 2.23. The molecule has 1 aromatic heterocycles. The number of thiophene rings is 1. The van der Waals surface area contributed by atoms with Crippen LogP contribution in [0.1, 0.15) is 11.7 Å². The van der Waals surface area contributed by atoms with Gasteiger partial charge in [0.25, 0.3) is 0 Å². The van der Waals surface area contributed by atoms with E-state index in [4.69, 9.17) is 4.74 Å². The molecule has 3 rings (SSSR count). The fourth-order valence-corrected chi connectivity index (χ4v) is 3.34. The highest BCUT2D eigenvalue weighted by Crippen LogP contribution is 2.33. The molecule has 3 nitrogen and oxygen atoms in total. The van der Waals surface area contributed by atoms with Crippen molar-refractivity contribution in [3.8, 4) is 5.75 Å². The second-order valence-electron chi connectivity index (χ2n) is 5.16. The monoisotopic (exact) mass is 313 g/mol. The first-order valence-corrected chi connectivity index (χ1v) is 8.18. The molecule has 0 fully saturated rings. The van der Waals surface area contributed by atoms with Crippen molar-refractivity contribution in [1.82, 2.24) is 5.32 Å². The second-order valence-corrected chi connectivity index (χ2v) is 6.11. The lowest BCUT2D eigenvalue weighted by Crippen LogP contribution is -2.32. The predicted octanol–water partition coefficient (Wildman–Crippen LogP) is 3.60. The summed E-state index contributed by atoms with van der Waals surface area (Å²) in [6.07, 6.45) is -1.03. The molecule has 2 aromatic carbocycles. The van der Waals surface area contributed by atoms with Crippen LogP contribution in [0.3, 0.4) is 0 Å². The SMILES string of the molecule is CNC[C@H](O)[C@H](Oc1cccc2sccc12)c1ccccc1. The van der Waals surface area contributed by atoms with Crippen molar-refractivity contribution < 1.29 is 9.84 Å². The summed E-state index contributed by atoms with van der Waals surface area (Å²) in [5.41, 5.74) is 0.970. The quantitative estimate of drug-likeness (QED) is 0.730. The average Bonchev–Trinajstić information content (AvgIpc) is 3.03. The van der Waals surface area contributed by atoms with Gasteiger partial charge in [-0.15, -0.1) is 11.3 Å². The lowest BCUT2D eigenvalue weighted by Gasteiger charge is -2.25. The third kappa shape index (κ3) is 3.14. The Labute approximate surface area is 134 Å². The number of likely N-dealkylation sites (N-methyl/N-ethyl adjacent to an activating group) is 1. The molecule has 0 amide bonds. The van der Waals surface area contributed by atoms with Crippen molar-refractivity contribution in [3.63, 3.8) is 0 Å². The summed E-state index contributed by atoms with van der Waals surface area (Å²) in [5, 5.41) is 16.6. The molecule has 0 aliphatic rings. The van der Waals surface area contributed by atoms with Crippen molar-refractivity contribution in [2.24, 2.45) is 0 Å². The Kier molecular flexibility index (Phi) is 4.73. The molecule has 2 atom stereocenters. The van der Waals surface area contributed by atoms with Gasteiger partial charge in [0.1, 0.15) is 11.9 Å². The number of hydrogen-bond acceptors (Lipinski definition) is 4. The molecule has 0 aliphatic heterocycles. The highest BCUT2D eigenvalue weighted by molar-refractivity contribution is 7.17. The van der Waals surface area contributed by atoms with Gasteiger partial charge in [-0.1, -0.05) is 36.4 Å². The lowest BCUT2D eigenvalue weighted by molar-refractivity contribution is 0.0379. The van der Waals surface area contributed by atoms with E-state index >= 15 is 0 Å². The van der Waals surface area contributed by atoms with Crippen molar-refractivity contribution in [3.05, 3.63) is 65.5 Å². The smallest absolute Gasteiger partial charge is 0.151 e. The van der Waals surface area contributed by atoms with E-state index in [1.165, 1.54) is 4.70 Å². The number of fused-ring (bicyclic) bond motifs is 1. The van der Waals surface area contributed by atoms with Gasteiger partial charge in [-0.3, -0.25) is 0 Å². The maximum atomic E-state index is 10.5. The van der Waals surface area contributed by atoms with E-state index in [1.807, 2.05) is 49.5 Å². The van der Waals surface area contributed by atoms with Crippen LogP contribution in [0.15, 0.2) is 60.0 Å². The van der Waals surface area contributed by atoms with Crippen LogP contribution in [-0.4, -0.2) is 24.8 Å². The summed E-state index contributed by atoms with van der Waals surface area (Å²) in [6, 6.07) is 17.9. The van der Waals surface area contributed by atoms with Crippen LogP contribution in [0.4, 0.5) is 0 Å². The fourth-order valence-electron chi connectivity index (χ4n) is 2.53. The minimum absolute atomic E-state index is 0.404. The van der Waals surface area contributed by atoms with Crippen LogP contribution in [-0.2, 0) is 0 Å². The summed E-state index contributed by atoms with van der Waals surface area (Å²) in [6.45, 7) is 0.471. The van der Waals surface area contributed by atoms with E-state index in [-0.39, 0.29) is 0 Å². The van der Waals surface area contributed by atoms with Gasteiger partial charge >= 0.3 is 0 Å². The molecule has 2 N–H and O–H groups in total. The first kappa shape index (κ1) is 15.0. The summed E-state index contributed by atoms with van der Waals surface area (Å²) in [5.74, 6) is 0.808. The molecule has 0 bridgehead atoms. The normalized spacial score (nSPS) is 13.9. The molecule has 0 aliphatic carbocycles. The van der Waals surface area contributed by atoms with Crippen LogP contribution in [0.5, 0.6) is 5.75 Å². The van der Waals surface area contributed by atoms with Crippen LogP contribution in [0.2, 0.25) is 0 Å². The van der Waals surface area contributed by atoms with Gasteiger partial charge in [0.2, 0.25) is 0 Å². The van der Waals surface area contributed by atoms with Gasteiger partial charge in [0.05, 0.1) is 0 Å². The molecule has 0 saturated carbocycles. The zero-order chi connectivity index (χ0) is 15.4. The van der Waals surface area contributed by atoms with Gasteiger partial charge in [-0.25, -0.2) is 0 Å². The third-order valence-corrected chi connectivity index (χ3v) is 4.48. The minimum Gasteiger partial charge on any atom is -0.482 e. The zero-order valence-electron chi connectivity index (χ0n) is 12.4. The van der Waals surface area contributed by atoms with Crippen LogP contribution >= 0.6 is 11.3 Å². The number of ether oxygens (including phenoxy) is 1. The van der Waals surface area contributed by atoms with Gasteiger partial charge in [-0.2, -0.15) is 0 Å². The fraction of sp³-hybridized carbons (Fsp3) is 0.222. The Morgan fingerprint density at radius 3 is 2.68 bits per heavy atom. The van der Waals surface area contributed by atoms with Crippen molar-refractivity contribution in [2.75, 3.05) is 13.6 Å². The molecular weight excluding hydrogens is 294 g/mol. The van der Waals surface area contributed by atoms with Gasteiger partial charge in [-0.05, 0) is 36.2 Å². The van der Waals surface area contributed by atoms with Crippen LogP contribution in [0.25, 0.3) is 10.1 Å². The van der Waals surface area contributed by atoms with Gasteiger partial charge in [0.15, 0.2) is 6.10 Å². The minimum atomic E-state index is -0.624. The van der Waals surface area contributed by atoms with Gasteiger partial charge in [0, 0.05) is 16.6 Å². The Bertz CT molecular complexity index is 726. The second kappa shape index (κ2) is 6.92. The first-order valence-electron chi connectivity index (χ1n) is 7.30. The molecular formula is C18H19NO2S. The average molecular weight is 313 g/mol. The Morgan fingerprint density at radius 1 is 1.09 bits per heavy atom. The number of hydrogen-bond donors (Lipinski definition) is 2. The molecule has 0 radical (unpaired) electrons. The van der Waals surface area contributed by atoms with Crippen LogP contribution < -0.4 is 10.1 Å². The largest absolute Gasteiger partial charge is 0.482 e. The van der Waals surface area contributed by atoms with Crippen molar-refractivity contribution in [1.29, 1.82) is 0 Å². The van der Waals surface area contributed by atoms with Gasteiger partial charge < -0.3 is 15.2 Å². The first-order chi connectivity index (χ1) is 10.8. The summed E-state index contributed by atoms with van der Waals surface area (Å²) < 4.78 is 7.39. The van der Waals surface area contributed by atoms with E-state index in [0.717, 1.165) is 16.7 Å². The number of nitrogens with one attached hydrogen (secondary N) is 1. The lowest BCUT2D eigenvalue weighted by atomic mass is 10.0. The van der Waals surface area contributed by atoms with E-state index in [2.05, 4.69) is 22.8 Å². The molecule has 22 heavy (non-hydrogen) atoms. The molecule has 114 valence electrons. The predicted molar refractivity (Wildman–Crippen MR) is 91.6 cm³/mol. The molecule has 4 heteroatoms. The molecule has 3 aromatic rings. The van der Waals surface area contributed by atoms with E-state index in [1.54, 1.807) is 11.3 Å². The third-order valence-electron chi connectivity index (χ3n) is 3.60. The van der Waals surface area contributed by atoms with Crippen LogP contribution in [0, 0.1) is 0 Å². The number of aliphatic hydroxyl groups excluding tert-OH is 1. The van der Waals surface area contributed by atoms with E-state index < -0.39 is 12.2 Å². The standard InChI is InChI=1S/C18H19NO2S/c1-19-12-15(20)18(13-6-3-2-4-7-13)21-16-8-5-9-17-14(16)10-11-22-17/h2-11,15,18-20H,12H2,1H3/t15-,18+/m0/s1. The topological polar surface area (TPSA) is 41.5 Å². The summed E-state index contributed by atoms with van der Waals surface area (Å²) in [4.78, 5) is 0. The Balaban J connectivity index is 1.94. The Hall–Kier alpha value is -1.88. The number of aliphatic hydroxyl groups is 1. The number of rotatable bonds is 6. The maximum absolute atomic E-state index is 10.5. The summed E-state index contributed by atoms with van der Waals surface area (Å²) >= 11 is 1.69. The molecule has 0 unspecified atom stereocenters. The molecule has 1 heterocycles. The highest BCUT2D eigenvalue weighted by atomic mass is 32.1. The maximum Gasteiger partial charge on any atom is 0.151 e. The number of benzene rings is 2. The Morgan fingerprint density at radius 2 is 1.91 bits per heavy atom.